The van der Waals surface area contributed by atoms with Gasteiger partial charge in [0.1, 0.15) is 5.78 Å². The van der Waals surface area contributed by atoms with E-state index in [1.807, 2.05) is 29.8 Å². The van der Waals surface area contributed by atoms with Crippen molar-refractivity contribution in [1.29, 1.82) is 0 Å². The Kier molecular flexibility index (Phi) is 3.48. The molecule has 2 aromatic rings. The van der Waals surface area contributed by atoms with Gasteiger partial charge in [0.25, 0.3) is 0 Å². The number of guanidine groups is 1. The first kappa shape index (κ1) is 15.7. The van der Waals surface area contributed by atoms with Crippen LogP contribution in [0.5, 0.6) is 0 Å². The molecular weight excluding hydrogens is 326 g/mol. The van der Waals surface area contributed by atoms with E-state index >= 15 is 0 Å². The number of nitrogens with one attached hydrogen (secondary N) is 1. The summed E-state index contributed by atoms with van der Waals surface area (Å²) in [4.78, 5) is 27.1. The third-order valence-electron chi connectivity index (χ3n) is 6.11. The molecule has 1 atom stereocenters. The van der Waals surface area contributed by atoms with E-state index in [4.69, 9.17) is 9.98 Å². The number of carbonyl (C=O) groups is 1. The lowest BCUT2D eigenvalue weighted by molar-refractivity contribution is -0.123. The van der Waals surface area contributed by atoms with Crippen LogP contribution in [0.2, 0.25) is 0 Å². The summed E-state index contributed by atoms with van der Waals surface area (Å²) in [6.45, 7) is 0. The Labute approximate surface area is 152 Å². The minimum atomic E-state index is -0.276. The molecule has 3 aliphatic rings. The van der Waals surface area contributed by atoms with Crippen LogP contribution < -0.4 is 5.32 Å². The molecule has 2 fully saturated rings. The Morgan fingerprint density at radius 2 is 1.96 bits per heavy atom. The van der Waals surface area contributed by atoms with E-state index in [0.717, 1.165) is 61.2 Å². The van der Waals surface area contributed by atoms with Crippen molar-refractivity contribution >= 4 is 34.4 Å². The Bertz CT molecular complexity index is 948. The van der Waals surface area contributed by atoms with Crippen molar-refractivity contribution in [1.82, 2.24) is 9.55 Å². The van der Waals surface area contributed by atoms with Gasteiger partial charge in [0.2, 0.25) is 11.9 Å². The van der Waals surface area contributed by atoms with Crippen molar-refractivity contribution in [3.63, 3.8) is 0 Å². The standard InChI is InChI=1S/C20H23N5O/c1-25-15-9-3-2-7-13(15)22-19(25)23-18-21-14-8-6-10-16(26)17(14)20(24-18)11-4-5-12-20/h2-3,7,9,17H,4-6,8,10-12H2,1H3,(H,22,23,24). The number of carbonyl (C=O) groups excluding carboxylic acids is 1. The smallest absolute Gasteiger partial charge is 0.225 e. The maximum absolute atomic E-state index is 12.6. The highest BCUT2D eigenvalue weighted by Crippen LogP contribution is 2.45. The van der Waals surface area contributed by atoms with E-state index < -0.39 is 0 Å². The number of benzene rings is 1. The van der Waals surface area contributed by atoms with Gasteiger partial charge in [-0.1, -0.05) is 25.0 Å². The summed E-state index contributed by atoms with van der Waals surface area (Å²) >= 11 is 0. The van der Waals surface area contributed by atoms with E-state index in [-0.39, 0.29) is 11.5 Å². The summed E-state index contributed by atoms with van der Waals surface area (Å²) in [5.41, 5.74) is 2.77. The highest BCUT2D eigenvalue weighted by atomic mass is 16.1. The number of anilines is 1. The number of imidazole rings is 1. The fourth-order valence-corrected chi connectivity index (χ4v) is 4.89. The lowest BCUT2D eigenvalue weighted by atomic mass is 9.71. The Balaban J connectivity index is 1.55. The van der Waals surface area contributed by atoms with Gasteiger partial charge >= 0.3 is 0 Å². The summed E-state index contributed by atoms with van der Waals surface area (Å²) < 4.78 is 2.03. The second-order valence-electron chi connectivity index (χ2n) is 7.71. The van der Waals surface area contributed by atoms with Crippen LogP contribution in [-0.4, -0.2) is 32.5 Å². The summed E-state index contributed by atoms with van der Waals surface area (Å²) in [5.74, 6) is 1.60. The molecule has 0 amide bonds. The van der Waals surface area contributed by atoms with Gasteiger partial charge in [-0.05, 0) is 37.8 Å². The van der Waals surface area contributed by atoms with E-state index in [1.165, 1.54) is 0 Å². The number of rotatable bonds is 1. The van der Waals surface area contributed by atoms with Crippen LogP contribution in [0, 0.1) is 5.92 Å². The molecule has 6 heteroatoms. The second kappa shape index (κ2) is 5.76. The monoisotopic (exact) mass is 349 g/mol. The maximum atomic E-state index is 12.6. The number of aliphatic imine (C=N–C) groups is 2. The number of para-hydroxylation sites is 2. The first-order chi connectivity index (χ1) is 12.7. The Morgan fingerprint density at radius 1 is 1.15 bits per heavy atom. The lowest BCUT2D eigenvalue weighted by Gasteiger charge is -2.39. The highest BCUT2D eigenvalue weighted by Gasteiger charge is 2.50. The minimum Gasteiger partial charge on any atom is -0.313 e. The molecule has 6 nitrogen and oxygen atoms in total. The molecule has 1 unspecified atom stereocenters. The molecule has 5 rings (SSSR count). The number of hydrogen-bond acceptors (Lipinski definition) is 5. The average Bonchev–Trinajstić information content (AvgIpc) is 3.21. The van der Waals surface area contributed by atoms with Crippen molar-refractivity contribution in [3.8, 4) is 0 Å². The number of ketones is 1. The molecule has 2 saturated carbocycles. The van der Waals surface area contributed by atoms with E-state index in [0.29, 0.717) is 18.2 Å². The largest absolute Gasteiger partial charge is 0.313 e. The lowest BCUT2D eigenvalue weighted by Crippen LogP contribution is -2.49. The fourth-order valence-electron chi connectivity index (χ4n) is 4.89. The van der Waals surface area contributed by atoms with Crippen LogP contribution in [0.3, 0.4) is 0 Å². The molecule has 1 aromatic heterocycles. The van der Waals surface area contributed by atoms with Gasteiger partial charge < -0.3 is 4.57 Å². The molecule has 2 heterocycles. The molecule has 26 heavy (non-hydrogen) atoms. The van der Waals surface area contributed by atoms with Gasteiger partial charge in [0.05, 0.1) is 22.5 Å². The van der Waals surface area contributed by atoms with Crippen molar-refractivity contribution in [3.05, 3.63) is 24.3 Å². The quantitative estimate of drug-likeness (QED) is 0.857. The Hall–Kier alpha value is -2.50. The molecule has 1 spiro atoms. The third kappa shape index (κ3) is 2.31. The van der Waals surface area contributed by atoms with Crippen LogP contribution in [0.25, 0.3) is 11.0 Å². The minimum absolute atomic E-state index is 0.0928. The molecule has 1 aliphatic heterocycles. The molecule has 2 aliphatic carbocycles. The van der Waals surface area contributed by atoms with E-state index in [2.05, 4.69) is 16.4 Å². The van der Waals surface area contributed by atoms with Gasteiger partial charge in [-0.3, -0.25) is 10.1 Å². The van der Waals surface area contributed by atoms with E-state index in [1.54, 1.807) is 0 Å². The zero-order valence-corrected chi connectivity index (χ0v) is 15.0. The molecular formula is C20H23N5O. The number of hydrogen-bond donors (Lipinski definition) is 1. The third-order valence-corrected chi connectivity index (χ3v) is 6.11. The summed E-state index contributed by atoms with van der Waals surface area (Å²) in [6.07, 6.45) is 6.73. The summed E-state index contributed by atoms with van der Waals surface area (Å²) in [6, 6.07) is 8.06. The predicted molar refractivity (Wildman–Crippen MR) is 103 cm³/mol. The van der Waals surface area contributed by atoms with E-state index in [9.17, 15) is 4.79 Å². The number of nitrogens with zero attached hydrogens (tertiary/aromatic N) is 4. The predicted octanol–water partition coefficient (Wildman–Crippen LogP) is 3.48. The van der Waals surface area contributed by atoms with Gasteiger partial charge in [-0.2, -0.15) is 0 Å². The van der Waals surface area contributed by atoms with Gasteiger partial charge in [0.15, 0.2) is 0 Å². The molecule has 0 bridgehead atoms. The van der Waals surface area contributed by atoms with Crippen LogP contribution in [-0.2, 0) is 11.8 Å². The molecule has 1 aromatic carbocycles. The molecule has 0 saturated heterocycles. The number of Topliss-reactive ketones (excluding diaryl/α,β-unsaturated/α-hetero) is 1. The van der Waals surface area contributed by atoms with Crippen molar-refractivity contribution in [2.24, 2.45) is 23.0 Å². The molecule has 0 radical (unpaired) electrons. The SMILES string of the molecule is Cn1c(NC2=NC3(CCCC3)C3C(=O)CCCC3=N2)nc2ccccc21. The first-order valence-electron chi connectivity index (χ1n) is 9.55. The van der Waals surface area contributed by atoms with Crippen molar-refractivity contribution < 1.29 is 4.79 Å². The van der Waals surface area contributed by atoms with Crippen molar-refractivity contribution in [2.45, 2.75) is 50.5 Å². The number of fused-ring (bicyclic) bond motifs is 3. The van der Waals surface area contributed by atoms with Gasteiger partial charge in [-0.25, -0.2) is 15.0 Å². The second-order valence-corrected chi connectivity index (χ2v) is 7.71. The van der Waals surface area contributed by atoms with Crippen LogP contribution in [0.1, 0.15) is 44.9 Å². The summed E-state index contributed by atoms with van der Waals surface area (Å²) in [5, 5.41) is 3.34. The average molecular weight is 349 g/mol. The maximum Gasteiger partial charge on any atom is 0.225 e. The number of aryl methyl sites for hydroxylation is 1. The molecule has 134 valence electrons. The number of aromatic nitrogens is 2. The van der Waals surface area contributed by atoms with Gasteiger partial charge in [-0.15, -0.1) is 0 Å². The zero-order valence-electron chi connectivity index (χ0n) is 15.0. The normalized spacial score (nSPS) is 24.5. The topological polar surface area (TPSA) is 71.6 Å². The van der Waals surface area contributed by atoms with Gasteiger partial charge in [0, 0.05) is 19.2 Å². The zero-order chi connectivity index (χ0) is 17.7. The van der Waals surface area contributed by atoms with Crippen molar-refractivity contribution in [2.75, 3.05) is 5.32 Å². The Morgan fingerprint density at radius 3 is 2.77 bits per heavy atom. The first-order valence-corrected chi connectivity index (χ1v) is 9.55. The van der Waals surface area contributed by atoms with Crippen LogP contribution >= 0.6 is 0 Å². The fraction of sp³-hybridized carbons (Fsp3) is 0.500. The summed E-state index contributed by atoms with van der Waals surface area (Å²) in [7, 11) is 1.99. The van der Waals surface area contributed by atoms with Crippen LogP contribution in [0.4, 0.5) is 5.95 Å². The molecule has 1 N–H and O–H groups in total. The van der Waals surface area contributed by atoms with Crippen LogP contribution in [0.15, 0.2) is 34.3 Å². The highest BCUT2D eigenvalue weighted by molar-refractivity contribution is 6.15.